The first-order valence-electron chi connectivity index (χ1n) is 6.00. The van der Waals surface area contributed by atoms with Gasteiger partial charge < -0.3 is 19.5 Å². The Hall–Kier alpha value is -0.0168. The first-order chi connectivity index (χ1) is 8.76. The third kappa shape index (κ3) is 5.77. The Labute approximate surface area is 162 Å². The predicted molar refractivity (Wildman–Crippen MR) is 71.7 cm³/mol. The Morgan fingerprint density at radius 3 is 2.55 bits per heavy atom. The van der Waals surface area contributed by atoms with Crippen molar-refractivity contribution in [1.29, 1.82) is 0 Å². The molecular weight excluding hydrogens is 301 g/mol. The maximum atomic E-state index is 10.9. The first kappa shape index (κ1) is 20.0. The summed E-state index contributed by atoms with van der Waals surface area (Å²) in [5.74, 6) is -1.46. The molecule has 20 heavy (non-hydrogen) atoms. The fourth-order valence-corrected chi connectivity index (χ4v) is 2.28. The Balaban J connectivity index is 0.00000361. The van der Waals surface area contributed by atoms with Gasteiger partial charge in [-0.15, -0.1) is 0 Å². The van der Waals surface area contributed by atoms with Gasteiger partial charge in [0.15, 0.2) is 6.73 Å². The molecule has 1 aromatic rings. The number of carbonyl (C=O) groups is 1. The number of aryl methyl sites for hydroxylation is 1. The van der Waals surface area contributed by atoms with E-state index in [1.165, 1.54) is 4.57 Å². The van der Waals surface area contributed by atoms with Crippen molar-refractivity contribution in [2.45, 2.75) is 39.3 Å². The number of carboxylic acid groups (broad SMARTS) is 1. The van der Waals surface area contributed by atoms with Crippen LogP contribution in [0.1, 0.15) is 16.3 Å². The van der Waals surface area contributed by atoms with Crippen LogP contribution >= 0.6 is 0 Å². The van der Waals surface area contributed by atoms with Crippen molar-refractivity contribution in [3.05, 3.63) is 22.9 Å². The minimum atomic E-state index is -1.40. The molecule has 0 aliphatic heterocycles. The first-order valence-corrected chi connectivity index (χ1v) is 9.70. The molecule has 0 bridgehead atoms. The number of rotatable bonds is 6. The van der Waals surface area contributed by atoms with E-state index in [1.54, 1.807) is 6.92 Å². The molecule has 1 heterocycles. The molecule has 0 amide bonds. The van der Waals surface area contributed by atoms with E-state index in [2.05, 4.69) is 29.5 Å². The molecule has 0 unspecified atom stereocenters. The average molecular weight is 319 g/mol. The summed E-state index contributed by atoms with van der Waals surface area (Å²) in [6.45, 7) is 15.9. The van der Waals surface area contributed by atoms with Crippen molar-refractivity contribution < 1.29 is 66.0 Å². The van der Waals surface area contributed by atoms with Crippen LogP contribution < -0.4 is 56.5 Å². The van der Waals surface area contributed by atoms with Crippen molar-refractivity contribution in [1.82, 2.24) is 9.55 Å². The van der Waals surface area contributed by atoms with Gasteiger partial charge in [0.05, 0.1) is 5.69 Å². The maximum absolute atomic E-state index is 10.9. The topological polar surface area (TPSA) is 71.5 Å². The number of hydrogen-bond acceptors (Lipinski definition) is 4. The van der Waals surface area contributed by atoms with Crippen LogP contribution in [-0.2, 0) is 11.5 Å². The number of aromatic carboxylic acids is 1. The Bertz CT molecular complexity index is 517. The molecule has 0 saturated carbocycles. The van der Waals surface area contributed by atoms with Gasteiger partial charge in [-0.1, -0.05) is 26.2 Å². The SMILES string of the molecule is [C-]#[N+]c1c(C)nc(C(=O)[O-])n1COCC[Si](C)(C)C.[K+]. The second kappa shape index (κ2) is 8.43. The van der Waals surface area contributed by atoms with Gasteiger partial charge in [-0.3, -0.25) is 4.57 Å². The van der Waals surface area contributed by atoms with E-state index >= 15 is 0 Å². The molecule has 0 atom stereocenters. The van der Waals surface area contributed by atoms with Crippen LogP contribution in [-0.4, -0.2) is 30.2 Å². The van der Waals surface area contributed by atoms with Crippen LogP contribution in [0.5, 0.6) is 0 Å². The van der Waals surface area contributed by atoms with Crippen LogP contribution in [0, 0.1) is 13.5 Å². The second-order valence-electron chi connectivity index (χ2n) is 5.52. The number of hydrogen-bond donors (Lipinski definition) is 0. The smallest absolute Gasteiger partial charge is 0.540 e. The standard InChI is InChI=1S/C12H19N3O3Si.K/c1-9-10(13-2)15(11(14-9)12(16)17)8-18-6-7-19(3,4)5;/h6-8H2,1,3-5H3,(H,16,17);/q;+1/p-1. The number of aromatic nitrogens is 2. The van der Waals surface area contributed by atoms with Crippen LogP contribution in [0.2, 0.25) is 25.7 Å². The van der Waals surface area contributed by atoms with Gasteiger partial charge in [-0.2, -0.15) is 0 Å². The second-order valence-corrected chi connectivity index (χ2v) is 11.1. The monoisotopic (exact) mass is 319 g/mol. The number of nitrogens with zero attached hydrogens (tertiary/aromatic N) is 3. The Kier molecular flexibility index (Phi) is 8.42. The summed E-state index contributed by atoms with van der Waals surface area (Å²) in [7, 11) is -1.19. The molecule has 1 aromatic heterocycles. The minimum Gasteiger partial charge on any atom is -0.540 e. The van der Waals surface area contributed by atoms with Gasteiger partial charge in [-0.05, 0) is 13.0 Å². The van der Waals surface area contributed by atoms with Gasteiger partial charge >= 0.3 is 51.4 Å². The maximum Gasteiger partial charge on any atom is 1.00 e. The van der Waals surface area contributed by atoms with Gasteiger partial charge in [0.1, 0.15) is 5.97 Å². The third-order valence-corrected chi connectivity index (χ3v) is 4.32. The molecule has 8 heteroatoms. The van der Waals surface area contributed by atoms with Crippen LogP contribution in [0.25, 0.3) is 4.85 Å². The van der Waals surface area contributed by atoms with Crippen LogP contribution in [0.15, 0.2) is 0 Å². The van der Waals surface area contributed by atoms with Crippen molar-refractivity contribution in [2.24, 2.45) is 0 Å². The zero-order valence-electron chi connectivity index (χ0n) is 12.7. The summed E-state index contributed by atoms with van der Waals surface area (Å²) in [4.78, 5) is 18.1. The summed E-state index contributed by atoms with van der Waals surface area (Å²) in [6, 6.07) is 0.981. The largest absolute Gasteiger partial charge is 1.00 e. The van der Waals surface area contributed by atoms with Crippen molar-refractivity contribution in [3.63, 3.8) is 0 Å². The fourth-order valence-electron chi connectivity index (χ4n) is 1.52. The third-order valence-electron chi connectivity index (χ3n) is 2.61. The van der Waals surface area contributed by atoms with Crippen LogP contribution in [0.3, 0.4) is 0 Å². The molecule has 6 nitrogen and oxygen atoms in total. The molecule has 0 saturated heterocycles. The van der Waals surface area contributed by atoms with Gasteiger partial charge in [0, 0.05) is 14.7 Å². The molecule has 104 valence electrons. The zero-order chi connectivity index (χ0) is 14.6. The minimum absolute atomic E-state index is 0. The van der Waals surface area contributed by atoms with Gasteiger partial charge in [0.2, 0.25) is 5.82 Å². The molecular formula is C12H18KN3O3Si. The van der Waals surface area contributed by atoms with E-state index < -0.39 is 14.0 Å². The Morgan fingerprint density at radius 1 is 1.50 bits per heavy atom. The van der Waals surface area contributed by atoms with E-state index in [0.29, 0.717) is 12.3 Å². The molecule has 0 fully saturated rings. The van der Waals surface area contributed by atoms with Crippen molar-refractivity contribution >= 4 is 19.9 Å². The van der Waals surface area contributed by atoms with Gasteiger partial charge in [0.25, 0.3) is 5.82 Å². The molecule has 0 radical (unpaired) electrons. The Morgan fingerprint density at radius 2 is 2.10 bits per heavy atom. The number of carbonyl (C=O) groups excluding carboxylic acids is 1. The number of imidazole rings is 1. The molecule has 0 aliphatic rings. The zero-order valence-corrected chi connectivity index (χ0v) is 16.8. The number of ether oxygens (including phenoxy) is 1. The summed E-state index contributed by atoms with van der Waals surface area (Å²) >= 11 is 0. The molecule has 0 spiro atoms. The van der Waals surface area contributed by atoms with E-state index in [9.17, 15) is 9.90 Å². The average Bonchev–Trinajstić information content (AvgIpc) is 2.60. The summed E-state index contributed by atoms with van der Waals surface area (Å²) in [6.07, 6.45) is 0. The van der Waals surface area contributed by atoms with Crippen molar-refractivity contribution in [2.75, 3.05) is 6.61 Å². The van der Waals surface area contributed by atoms with E-state index in [-0.39, 0.29) is 69.8 Å². The molecule has 0 aromatic carbocycles. The normalized spacial score (nSPS) is 10.8. The van der Waals surface area contributed by atoms with Crippen molar-refractivity contribution in [3.8, 4) is 0 Å². The van der Waals surface area contributed by atoms with Gasteiger partial charge in [-0.25, -0.2) is 4.98 Å². The number of carboxylic acids is 1. The van der Waals surface area contributed by atoms with Crippen LogP contribution in [0.4, 0.5) is 5.82 Å². The van der Waals surface area contributed by atoms with E-state index in [0.717, 1.165) is 6.04 Å². The quantitative estimate of drug-likeness (QED) is 0.360. The molecule has 0 N–H and O–H groups in total. The van der Waals surface area contributed by atoms with E-state index in [1.807, 2.05) is 0 Å². The summed E-state index contributed by atoms with van der Waals surface area (Å²) in [5, 5.41) is 10.9. The summed E-state index contributed by atoms with van der Waals surface area (Å²) < 4.78 is 6.72. The molecule has 1 rings (SSSR count). The van der Waals surface area contributed by atoms with E-state index in [4.69, 9.17) is 11.3 Å². The predicted octanol–water partition coefficient (Wildman–Crippen LogP) is -1.58. The fraction of sp³-hybridized carbons (Fsp3) is 0.583. The summed E-state index contributed by atoms with van der Waals surface area (Å²) in [5.41, 5.74) is 0.378. The molecule has 0 aliphatic carbocycles.